The Labute approximate surface area is 125 Å². The molecule has 0 unspecified atom stereocenters. The zero-order valence-electron chi connectivity index (χ0n) is 10.9. The van der Waals surface area contributed by atoms with Gasteiger partial charge >= 0.3 is 5.97 Å². The maximum atomic E-state index is 11.4. The molecule has 3 aromatic rings. The zero-order chi connectivity index (χ0) is 14.7. The Kier molecular flexibility index (Phi) is 3.54. The fraction of sp³-hybridized carbons (Fsp3) is 0. The van der Waals surface area contributed by atoms with E-state index in [9.17, 15) is 9.90 Å². The molecule has 21 heavy (non-hydrogen) atoms. The second-order valence-electron chi connectivity index (χ2n) is 4.21. The summed E-state index contributed by atoms with van der Waals surface area (Å²) in [7, 11) is 0. The summed E-state index contributed by atoms with van der Waals surface area (Å²) in [6.07, 6.45) is 5.30. The molecule has 4 nitrogen and oxygen atoms in total. The summed E-state index contributed by atoms with van der Waals surface area (Å²) in [5, 5.41) is 9.37. The fourth-order valence-corrected chi connectivity index (χ4v) is 2.45. The minimum absolute atomic E-state index is 0.224. The normalized spacial score (nSPS) is 9.90. The van der Waals surface area contributed by atoms with Crippen molar-refractivity contribution in [3.05, 3.63) is 70.4 Å². The van der Waals surface area contributed by atoms with Crippen LogP contribution in [0.5, 0.6) is 0 Å². The lowest BCUT2D eigenvalue weighted by atomic mass is 10.1. The largest absolute Gasteiger partial charge is 0.478 e. The van der Waals surface area contributed by atoms with Gasteiger partial charge in [0.05, 0.1) is 27.8 Å². The number of aromatic carboxylic acids is 1. The highest BCUT2D eigenvalue weighted by molar-refractivity contribution is 7.10. The first-order chi connectivity index (χ1) is 10.3. The maximum absolute atomic E-state index is 11.4. The van der Waals surface area contributed by atoms with E-state index in [1.165, 1.54) is 11.3 Å². The minimum Gasteiger partial charge on any atom is -0.478 e. The monoisotopic (exact) mass is 294 g/mol. The Balaban J connectivity index is 2.16. The summed E-state index contributed by atoms with van der Waals surface area (Å²) in [5.74, 6) is 5.07. The maximum Gasteiger partial charge on any atom is 0.337 e. The number of rotatable bonds is 2. The fourth-order valence-electron chi connectivity index (χ4n) is 1.99. The van der Waals surface area contributed by atoms with Crippen LogP contribution >= 0.6 is 11.3 Å². The van der Waals surface area contributed by atoms with E-state index >= 15 is 0 Å². The molecular weight excluding hydrogens is 284 g/mol. The van der Waals surface area contributed by atoms with Crippen molar-refractivity contribution < 1.29 is 9.90 Å². The summed E-state index contributed by atoms with van der Waals surface area (Å²) >= 11 is 1.45. The number of carboxylic acid groups (broad SMARTS) is 1. The molecule has 3 rings (SSSR count). The van der Waals surface area contributed by atoms with E-state index in [0.717, 1.165) is 4.88 Å². The van der Waals surface area contributed by atoms with Crippen molar-refractivity contribution in [2.45, 2.75) is 0 Å². The number of aromatic nitrogens is 2. The van der Waals surface area contributed by atoms with Crippen molar-refractivity contribution >= 4 is 17.3 Å². The molecule has 1 aromatic carbocycles. The van der Waals surface area contributed by atoms with Crippen LogP contribution in [0.4, 0.5) is 0 Å². The third-order valence-corrected chi connectivity index (χ3v) is 3.57. The first-order valence-corrected chi connectivity index (χ1v) is 7.04. The van der Waals surface area contributed by atoms with Crippen LogP contribution in [0.2, 0.25) is 0 Å². The molecule has 0 fully saturated rings. The molecule has 0 aliphatic rings. The Morgan fingerprint density at radius 1 is 1.19 bits per heavy atom. The molecule has 0 atom stereocenters. The molecule has 0 amide bonds. The Morgan fingerprint density at radius 2 is 2.00 bits per heavy atom. The standard InChI is InChI=1S/C16H10N2O2S/c19-16(20)14-5-3-4-12(6-7-13-10-17-11-21-13)15(14)18-8-1-2-9-18/h1-5,8-11H,(H,19,20). The number of para-hydroxylation sites is 1. The predicted octanol–water partition coefficient (Wildman–Crippen LogP) is 3.03. The van der Waals surface area contributed by atoms with Crippen LogP contribution in [0.3, 0.4) is 0 Å². The molecule has 0 spiro atoms. The van der Waals surface area contributed by atoms with Gasteiger partial charge < -0.3 is 9.67 Å². The van der Waals surface area contributed by atoms with Crippen LogP contribution in [0.25, 0.3) is 5.69 Å². The third-order valence-electron chi connectivity index (χ3n) is 2.88. The summed E-state index contributed by atoms with van der Waals surface area (Å²) < 4.78 is 1.76. The lowest BCUT2D eigenvalue weighted by Gasteiger charge is -2.10. The first kappa shape index (κ1) is 13.2. The van der Waals surface area contributed by atoms with Gasteiger partial charge in [0.25, 0.3) is 0 Å². The second-order valence-corrected chi connectivity index (χ2v) is 5.10. The molecule has 0 saturated carbocycles. The van der Waals surface area contributed by atoms with E-state index in [1.807, 2.05) is 18.2 Å². The highest BCUT2D eigenvalue weighted by Gasteiger charge is 2.14. The molecule has 2 heterocycles. The SMILES string of the molecule is O=C(O)c1cccc(C#Cc2cncs2)c1-n1cccc1. The average Bonchev–Trinajstić information content (AvgIpc) is 3.18. The minimum atomic E-state index is -0.972. The van der Waals surface area contributed by atoms with Crippen LogP contribution in [0, 0.1) is 11.8 Å². The van der Waals surface area contributed by atoms with Gasteiger partial charge in [-0.05, 0) is 30.2 Å². The second kappa shape index (κ2) is 5.65. The Morgan fingerprint density at radius 3 is 2.67 bits per heavy atom. The van der Waals surface area contributed by atoms with Crippen molar-refractivity contribution in [1.82, 2.24) is 9.55 Å². The van der Waals surface area contributed by atoms with Crippen molar-refractivity contribution in [2.75, 3.05) is 0 Å². The number of carbonyl (C=O) groups is 1. The lowest BCUT2D eigenvalue weighted by Crippen LogP contribution is -2.06. The van der Waals surface area contributed by atoms with Crippen molar-refractivity contribution in [1.29, 1.82) is 0 Å². The van der Waals surface area contributed by atoms with E-state index in [-0.39, 0.29) is 5.56 Å². The molecule has 2 aromatic heterocycles. The molecular formula is C16H10N2O2S. The van der Waals surface area contributed by atoms with Gasteiger partial charge in [0.2, 0.25) is 0 Å². The average molecular weight is 294 g/mol. The van der Waals surface area contributed by atoms with Gasteiger partial charge in [-0.3, -0.25) is 4.98 Å². The van der Waals surface area contributed by atoms with Crippen LogP contribution in [0.1, 0.15) is 20.8 Å². The van der Waals surface area contributed by atoms with Gasteiger partial charge in [0, 0.05) is 18.0 Å². The molecule has 5 heteroatoms. The van der Waals surface area contributed by atoms with Gasteiger partial charge in [-0.2, -0.15) is 0 Å². The molecule has 0 saturated heterocycles. The van der Waals surface area contributed by atoms with E-state index in [1.54, 1.807) is 40.8 Å². The number of carboxylic acids is 1. The Bertz CT molecular complexity index is 825. The first-order valence-electron chi connectivity index (χ1n) is 6.16. The van der Waals surface area contributed by atoms with Crippen LogP contribution < -0.4 is 0 Å². The van der Waals surface area contributed by atoms with E-state index in [4.69, 9.17) is 0 Å². The number of hydrogen-bond donors (Lipinski definition) is 1. The number of nitrogens with zero attached hydrogens (tertiary/aromatic N) is 2. The van der Waals surface area contributed by atoms with Crippen LogP contribution in [-0.4, -0.2) is 20.6 Å². The van der Waals surface area contributed by atoms with Crippen LogP contribution in [-0.2, 0) is 0 Å². The summed E-state index contributed by atoms with van der Waals surface area (Å²) in [4.78, 5) is 16.2. The van der Waals surface area contributed by atoms with Crippen molar-refractivity contribution in [3.8, 4) is 17.5 Å². The lowest BCUT2D eigenvalue weighted by molar-refractivity contribution is 0.0697. The predicted molar refractivity (Wildman–Crippen MR) is 80.8 cm³/mol. The number of thiazole rings is 1. The van der Waals surface area contributed by atoms with Crippen molar-refractivity contribution in [2.24, 2.45) is 0 Å². The molecule has 0 aliphatic heterocycles. The zero-order valence-corrected chi connectivity index (χ0v) is 11.7. The third kappa shape index (κ3) is 2.71. The number of hydrogen-bond acceptors (Lipinski definition) is 3. The quantitative estimate of drug-likeness (QED) is 0.739. The molecule has 1 N–H and O–H groups in total. The van der Waals surface area contributed by atoms with Crippen LogP contribution in [0.15, 0.2) is 54.4 Å². The van der Waals surface area contributed by atoms with E-state index < -0.39 is 5.97 Å². The molecule has 0 radical (unpaired) electrons. The van der Waals surface area contributed by atoms with Gasteiger partial charge in [-0.25, -0.2) is 4.79 Å². The highest BCUT2D eigenvalue weighted by atomic mass is 32.1. The highest BCUT2D eigenvalue weighted by Crippen LogP contribution is 2.20. The molecule has 0 bridgehead atoms. The van der Waals surface area contributed by atoms with Gasteiger partial charge in [0.1, 0.15) is 0 Å². The molecule has 102 valence electrons. The Hall–Kier alpha value is -2.84. The molecule has 0 aliphatic carbocycles. The van der Waals surface area contributed by atoms with E-state index in [0.29, 0.717) is 11.3 Å². The smallest absolute Gasteiger partial charge is 0.337 e. The topological polar surface area (TPSA) is 55.1 Å². The van der Waals surface area contributed by atoms with Gasteiger partial charge in [-0.1, -0.05) is 12.0 Å². The summed E-state index contributed by atoms with van der Waals surface area (Å²) in [6.45, 7) is 0. The van der Waals surface area contributed by atoms with Crippen molar-refractivity contribution in [3.63, 3.8) is 0 Å². The van der Waals surface area contributed by atoms with Gasteiger partial charge in [-0.15, -0.1) is 11.3 Å². The van der Waals surface area contributed by atoms with Gasteiger partial charge in [0.15, 0.2) is 0 Å². The van der Waals surface area contributed by atoms with E-state index in [2.05, 4.69) is 16.8 Å². The summed E-state index contributed by atoms with van der Waals surface area (Å²) in [6, 6.07) is 8.79. The summed E-state index contributed by atoms with van der Waals surface area (Å²) in [5.41, 5.74) is 3.18. The number of benzene rings is 1.